The van der Waals surface area contributed by atoms with Crippen molar-refractivity contribution in [1.82, 2.24) is 0 Å². The van der Waals surface area contributed by atoms with E-state index in [1.165, 1.54) is 12.1 Å². The van der Waals surface area contributed by atoms with E-state index < -0.39 is 0 Å². The number of benzene rings is 2. The summed E-state index contributed by atoms with van der Waals surface area (Å²) in [7, 11) is 0. The van der Waals surface area contributed by atoms with Crippen LogP contribution < -0.4 is 5.32 Å². The highest BCUT2D eigenvalue weighted by Gasteiger charge is 2.08. The first-order valence-corrected chi connectivity index (χ1v) is 6.68. The molecule has 2 heterocycles. The van der Waals surface area contributed by atoms with Gasteiger partial charge in [-0.05, 0) is 48.5 Å². The summed E-state index contributed by atoms with van der Waals surface area (Å²) in [5.74, 6) is 0.595. The van der Waals surface area contributed by atoms with Gasteiger partial charge in [0.25, 0.3) is 0 Å². The number of anilines is 1. The molecule has 3 nitrogen and oxygen atoms in total. The predicted molar refractivity (Wildman–Crippen MR) is 79.7 cm³/mol. The molecule has 0 aliphatic heterocycles. The van der Waals surface area contributed by atoms with Gasteiger partial charge in [-0.25, -0.2) is 4.39 Å². The van der Waals surface area contributed by atoms with Gasteiger partial charge in [-0.1, -0.05) is 0 Å². The van der Waals surface area contributed by atoms with Crippen molar-refractivity contribution in [2.75, 3.05) is 5.32 Å². The van der Waals surface area contributed by atoms with Crippen molar-refractivity contribution in [2.24, 2.45) is 0 Å². The Kier molecular flexibility index (Phi) is 2.67. The highest BCUT2D eigenvalue weighted by atomic mass is 19.1. The molecule has 104 valence electrons. The van der Waals surface area contributed by atoms with Crippen LogP contribution in [0.4, 0.5) is 10.1 Å². The van der Waals surface area contributed by atoms with E-state index in [1.807, 2.05) is 30.3 Å². The lowest BCUT2D eigenvalue weighted by Gasteiger charge is -2.04. The van der Waals surface area contributed by atoms with Crippen LogP contribution in [0.5, 0.6) is 0 Å². The maximum atomic E-state index is 13.4. The molecular weight excluding hydrogens is 269 g/mol. The van der Waals surface area contributed by atoms with Crippen LogP contribution in [-0.4, -0.2) is 0 Å². The first-order chi connectivity index (χ1) is 10.3. The van der Waals surface area contributed by atoms with Crippen molar-refractivity contribution in [3.05, 3.63) is 66.4 Å². The first-order valence-electron chi connectivity index (χ1n) is 6.68. The lowest BCUT2D eigenvalue weighted by Crippen LogP contribution is -1.97. The highest BCUT2D eigenvalue weighted by Crippen LogP contribution is 2.31. The summed E-state index contributed by atoms with van der Waals surface area (Å²) in [5.41, 5.74) is 2.37. The number of hydrogen-bond acceptors (Lipinski definition) is 3. The molecule has 1 N–H and O–H groups in total. The van der Waals surface area contributed by atoms with E-state index in [1.54, 1.807) is 12.3 Å². The van der Waals surface area contributed by atoms with E-state index in [0.717, 1.165) is 27.8 Å². The van der Waals surface area contributed by atoms with Gasteiger partial charge in [0.15, 0.2) is 0 Å². The molecule has 0 atom stereocenters. The Hall–Kier alpha value is -2.75. The van der Waals surface area contributed by atoms with Crippen LogP contribution in [0.15, 0.2) is 63.6 Å². The highest BCUT2D eigenvalue weighted by molar-refractivity contribution is 6.05. The summed E-state index contributed by atoms with van der Waals surface area (Å²) >= 11 is 0. The zero-order valence-electron chi connectivity index (χ0n) is 11.1. The Morgan fingerprint density at radius 1 is 0.952 bits per heavy atom. The van der Waals surface area contributed by atoms with Crippen LogP contribution in [0, 0.1) is 5.82 Å². The lowest BCUT2D eigenvalue weighted by molar-refractivity contribution is 0.518. The molecule has 0 saturated carbocycles. The molecule has 4 heteroatoms. The number of rotatable bonds is 3. The fraction of sp³-hybridized carbons (Fsp3) is 0.0588. The number of nitrogens with one attached hydrogen (secondary N) is 1. The van der Waals surface area contributed by atoms with Crippen LogP contribution in [0.1, 0.15) is 5.76 Å². The Morgan fingerprint density at radius 3 is 2.57 bits per heavy atom. The van der Waals surface area contributed by atoms with Gasteiger partial charge < -0.3 is 14.2 Å². The molecule has 0 spiro atoms. The van der Waals surface area contributed by atoms with Crippen molar-refractivity contribution in [2.45, 2.75) is 6.54 Å². The lowest BCUT2D eigenvalue weighted by atomic mass is 10.1. The molecule has 4 aromatic rings. The molecule has 0 radical (unpaired) electrons. The van der Waals surface area contributed by atoms with Crippen molar-refractivity contribution < 1.29 is 13.2 Å². The van der Waals surface area contributed by atoms with Crippen LogP contribution in [0.2, 0.25) is 0 Å². The van der Waals surface area contributed by atoms with Gasteiger partial charge in [0.05, 0.1) is 12.8 Å². The Morgan fingerprint density at radius 2 is 1.76 bits per heavy atom. The van der Waals surface area contributed by atoms with E-state index in [9.17, 15) is 4.39 Å². The second kappa shape index (κ2) is 4.66. The number of furan rings is 2. The summed E-state index contributed by atoms with van der Waals surface area (Å²) in [4.78, 5) is 0. The van der Waals surface area contributed by atoms with Gasteiger partial charge in [0.1, 0.15) is 22.7 Å². The third-order valence-electron chi connectivity index (χ3n) is 3.48. The van der Waals surface area contributed by atoms with Gasteiger partial charge in [-0.15, -0.1) is 0 Å². The average molecular weight is 281 g/mol. The number of fused-ring (bicyclic) bond motifs is 3. The second-order valence-electron chi connectivity index (χ2n) is 4.89. The average Bonchev–Trinajstić information content (AvgIpc) is 3.12. The fourth-order valence-corrected chi connectivity index (χ4v) is 2.46. The van der Waals surface area contributed by atoms with Crippen molar-refractivity contribution in [3.63, 3.8) is 0 Å². The van der Waals surface area contributed by atoms with Crippen molar-refractivity contribution >= 4 is 27.6 Å². The largest absolute Gasteiger partial charge is 0.467 e. The Balaban J connectivity index is 1.74. The molecule has 0 aliphatic rings. The van der Waals surface area contributed by atoms with Gasteiger partial charge in [0, 0.05) is 16.5 Å². The standard InChI is InChI=1S/C17H12FNO2/c18-11-3-5-16-14(8-11)15-9-12(4-6-17(15)21-16)19-10-13-2-1-7-20-13/h1-9,19H,10H2. The molecule has 0 fully saturated rings. The third-order valence-corrected chi connectivity index (χ3v) is 3.48. The number of halogens is 1. The van der Waals surface area contributed by atoms with E-state index in [2.05, 4.69) is 5.32 Å². The minimum atomic E-state index is -0.265. The Labute approximate surface area is 120 Å². The summed E-state index contributed by atoms with van der Waals surface area (Å²) in [6.45, 7) is 0.600. The third kappa shape index (κ3) is 2.14. The van der Waals surface area contributed by atoms with Crippen LogP contribution >= 0.6 is 0 Å². The molecule has 2 aromatic carbocycles. The van der Waals surface area contributed by atoms with Crippen LogP contribution in [0.3, 0.4) is 0 Å². The zero-order chi connectivity index (χ0) is 14.2. The SMILES string of the molecule is Fc1ccc2oc3ccc(NCc4ccco4)cc3c2c1. The summed E-state index contributed by atoms with van der Waals surface area (Å²) < 4.78 is 24.4. The van der Waals surface area contributed by atoms with Gasteiger partial charge >= 0.3 is 0 Å². The molecule has 21 heavy (non-hydrogen) atoms. The quantitative estimate of drug-likeness (QED) is 0.578. The van der Waals surface area contributed by atoms with E-state index in [-0.39, 0.29) is 5.82 Å². The van der Waals surface area contributed by atoms with Crippen molar-refractivity contribution in [1.29, 1.82) is 0 Å². The summed E-state index contributed by atoms with van der Waals surface area (Å²) in [5, 5.41) is 4.96. The molecular formula is C17H12FNO2. The Bertz CT molecular complexity index is 909. The minimum Gasteiger partial charge on any atom is -0.467 e. The van der Waals surface area contributed by atoms with E-state index in [4.69, 9.17) is 8.83 Å². The molecule has 0 saturated heterocycles. The molecule has 2 aromatic heterocycles. The van der Waals surface area contributed by atoms with Crippen LogP contribution in [0.25, 0.3) is 21.9 Å². The maximum absolute atomic E-state index is 13.4. The predicted octanol–water partition coefficient (Wildman–Crippen LogP) is 4.93. The van der Waals surface area contributed by atoms with Crippen molar-refractivity contribution in [3.8, 4) is 0 Å². The second-order valence-corrected chi connectivity index (χ2v) is 4.89. The number of hydrogen-bond donors (Lipinski definition) is 1. The van der Waals surface area contributed by atoms with E-state index >= 15 is 0 Å². The van der Waals surface area contributed by atoms with E-state index in [0.29, 0.717) is 12.1 Å². The van der Waals surface area contributed by atoms with Gasteiger partial charge in [-0.2, -0.15) is 0 Å². The first kappa shape index (κ1) is 12.0. The normalized spacial score (nSPS) is 11.3. The monoisotopic (exact) mass is 281 g/mol. The topological polar surface area (TPSA) is 38.3 Å². The summed E-state index contributed by atoms with van der Waals surface area (Å²) in [6.07, 6.45) is 1.65. The smallest absolute Gasteiger partial charge is 0.135 e. The molecule has 0 unspecified atom stereocenters. The zero-order valence-corrected chi connectivity index (χ0v) is 11.1. The minimum absolute atomic E-state index is 0.265. The molecule has 0 bridgehead atoms. The van der Waals surface area contributed by atoms with Crippen LogP contribution in [-0.2, 0) is 6.54 Å². The fourth-order valence-electron chi connectivity index (χ4n) is 2.46. The summed E-state index contributed by atoms with van der Waals surface area (Å²) in [6, 6.07) is 14.1. The molecule has 0 aliphatic carbocycles. The maximum Gasteiger partial charge on any atom is 0.135 e. The molecule has 4 rings (SSSR count). The molecule has 0 amide bonds. The van der Waals surface area contributed by atoms with Gasteiger partial charge in [0.2, 0.25) is 0 Å². The van der Waals surface area contributed by atoms with Gasteiger partial charge in [-0.3, -0.25) is 0 Å².